The zero-order chi connectivity index (χ0) is 24.9. The lowest BCUT2D eigenvalue weighted by Gasteiger charge is -2.44. The molecular formula is C25H32N5O3S+. The molecule has 34 heavy (non-hydrogen) atoms. The lowest BCUT2D eigenvalue weighted by atomic mass is 9.84. The third-order valence-electron chi connectivity index (χ3n) is 6.99. The summed E-state index contributed by atoms with van der Waals surface area (Å²) in [5.74, 6) is 0. The molecule has 2 aliphatic heterocycles. The molecule has 1 atom stereocenters. The fraction of sp³-hybridized carbons (Fsp3) is 0.400. The number of fused-ring (bicyclic) bond motifs is 1. The Morgan fingerprint density at radius 2 is 1.82 bits per heavy atom. The van der Waals surface area contributed by atoms with Gasteiger partial charge in [-0.3, -0.25) is 5.32 Å². The molecule has 2 aliphatic rings. The van der Waals surface area contributed by atoms with Crippen LogP contribution in [0.3, 0.4) is 0 Å². The molecule has 2 heterocycles. The largest absolute Gasteiger partial charge is 0.783 e. The van der Waals surface area contributed by atoms with Crippen molar-refractivity contribution in [1.29, 1.82) is 0 Å². The molecular weight excluding hydrogens is 450 g/mol. The van der Waals surface area contributed by atoms with Crippen LogP contribution >= 0.6 is 0 Å². The normalized spacial score (nSPS) is 21.8. The van der Waals surface area contributed by atoms with Gasteiger partial charge in [-0.15, -0.1) is 0 Å². The van der Waals surface area contributed by atoms with Gasteiger partial charge in [0.05, 0.1) is 4.90 Å². The summed E-state index contributed by atoms with van der Waals surface area (Å²) in [6.07, 6.45) is 4.72. The molecule has 0 aromatic heterocycles. The monoisotopic (exact) mass is 482 g/mol. The highest BCUT2D eigenvalue weighted by atomic mass is 32.2. The minimum Gasteiger partial charge on any atom is -0.783 e. The van der Waals surface area contributed by atoms with Crippen LogP contribution in [0.25, 0.3) is 10.8 Å². The van der Waals surface area contributed by atoms with Crippen molar-refractivity contribution < 1.29 is 8.42 Å². The first-order chi connectivity index (χ1) is 15.8. The Bertz CT molecular complexity index is 1320. The number of nitrogens with zero attached hydrogens (tertiary/aromatic N) is 3. The standard InChI is InChI=1S/C25H32N5O3S/c1-24(2)25(3,4)30(31)23(28-24)20-13-7-10-17(27-20)16-26-34(32,33)22-15-9-11-18-19(22)12-8-14-21(18)29(5)6/h7-15,23,26,28H,16H2,1-6H3/q+1. The zero-order valence-electron chi connectivity index (χ0n) is 20.5. The molecule has 1 saturated heterocycles. The van der Waals surface area contributed by atoms with Gasteiger partial charge in [0.25, 0.3) is 0 Å². The van der Waals surface area contributed by atoms with E-state index in [4.69, 9.17) is 0 Å². The fourth-order valence-electron chi connectivity index (χ4n) is 4.25. The van der Waals surface area contributed by atoms with Crippen molar-refractivity contribution >= 4 is 37.9 Å². The van der Waals surface area contributed by atoms with Gasteiger partial charge in [0, 0.05) is 41.6 Å². The first-order valence-corrected chi connectivity index (χ1v) is 12.7. The van der Waals surface area contributed by atoms with Gasteiger partial charge in [0.15, 0.2) is 18.7 Å². The number of anilines is 1. The van der Waals surface area contributed by atoms with E-state index < -0.39 is 27.3 Å². The third kappa shape index (κ3) is 4.15. The Labute approximate surface area is 201 Å². The smallest absolute Gasteiger partial charge is 0.413 e. The van der Waals surface area contributed by atoms with Crippen LogP contribution in [0.5, 0.6) is 0 Å². The summed E-state index contributed by atoms with van der Waals surface area (Å²) in [6.45, 7) is 7.79. The van der Waals surface area contributed by atoms with Gasteiger partial charge in [0.1, 0.15) is 12.6 Å². The lowest BCUT2D eigenvalue weighted by Crippen LogP contribution is -2.51. The molecule has 0 amide bonds. The highest BCUT2D eigenvalue weighted by Crippen LogP contribution is 2.35. The summed E-state index contributed by atoms with van der Waals surface area (Å²) in [4.78, 5) is 2.18. The average molecular weight is 483 g/mol. The van der Waals surface area contributed by atoms with Crippen molar-refractivity contribution in [2.24, 2.45) is 0 Å². The number of rotatable bonds is 6. The van der Waals surface area contributed by atoms with Gasteiger partial charge in [0.2, 0.25) is 10.0 Å². The van der Waals surface area contributed by atoms with E-state index in [-0.39, 0.29) is 11.4 Å². The minimum absolute atomic E-state index is 0.0122. The van der Waals surface area contributed by atoms with Crippen molar-refractivity contribution in [3.8, 4) is 0 Å². The maximum absolute atomic E-state index is 13.2. The molecule has 2 aromatic carbocycles. The summed E-state index contributed by atoms with van der Waals surface area (Å²) in [7, 11) is 0.0522. The number of sulfonamides is 1. The van der Waals surface area contributed by atoms with E-state index in [9.17, 15) is 13.6 Å². The summed E-state index contributed by atoms with van der Waals surface area (Å²) >= 11 is 0. The van der Waals surface area contributed by atoms with Crippen LogP contribution < -0.4 is 19.6 Å². The molecule has 0 aliphatic carbocycles. The molecule has 9 heteroatoms. The van der Waals surface area contributed by atoms with E-state index in [0.717, 1.165) is 16.1 Å². The molecule has 1 fully saturated rings. The second kappa shape index (κ2) is 8.53. The Morgan fingerprint density at radius 1 is 1.15 bits per heavy atom. The number of benzene rings is 2. The molecule has 2 aromatic rings. The summed E-state index contributed by atoms with van der Waals surface area (Å²) < 4.78 is 33.8. The van der Waals surface area contributed by atoms with Crippen molar-refractivity contribution in [2.45, 2.75) is 49.8 Å². The first kappa shape index (κ1) is 24.5. The van der Waals surface area contributed by atoms with E-state index in [0.29, 0.717) is 16.8 Å². The van der Waals surface area contributed by atoms with Gasteiger partial charge >= 0.3 is 11.4 Å². The zero-order valence-corrected chi connectivity index (χ0v) is 21.3. The summed E-state index contributed by atoms with van der Waals surface area (Å²) in [6, 6.07) is 10.9. The van der Waals surface area contributed by atoms with Crippen molar-refractivity contribution in [2.75, 3.05) is 25.5 Å². The molecule has 8 nitrogen and oxygen atoms in total. The highest BCUT2D eigenvalue weighted by Gasteiger charge is 2.52. The molecule has 1 unspecified atom stereocenters. The Morgan fingerprint density at radius 3 is 2.47 bits per heavy atom. The maximum atomic E-state index is 13.2. The predicted molar refractivity (Wildman–Crippen MR) is 139 cm³/mol. The number of allylic oxidation sites excluding steroid dienone is 1. The second-order valence-electron chi connectivity index (χ2n) is 9.96. The molecule has 4 rings (SSSR count). The average Bonchev–Trinajstić information content (AvgIpc) is 2.95. The molecule has 2 N–H and O–H groups in total. The molecule has 180 valence electrons. The highest BCUT2D eigenvalue weighted by molar-refractivity contribution is 7.89. The number of hydrogen-bond acceptors (Lipinski definition) is 6. The maximum Gasteiger partial charge on any atom is 0.413 e. The van der Waals surface area contributed by atoms with Crippen molar-refractivity contribution in [1.82, 2.24) is 19.8 Å². The van der Waals surface area contributed by atoms with Crippen molar-refractivity contribution in [3.63, 3.8) is 0 Å². The Balaban J connectivity index is 1.62. The molecule has 0 bridgehead atoms. The first-order valence-electron chi connectivity index (χ1n) is 11.2. The van der Waals surface area contributed by atoms with E-state index in [2.05, 4.69) is 14.7 Å². The van der Waals surface area contributed by atoms with Crippen LogP contribution in [0.4, 0.5) is 5.69 Å². The molecule has 0 saturated carbocycles. The molecule has 0 radical (unpaired) electrons. The van der Waals surface area contributed by atoms with Crippen molar-refractivity contribution in [3.05, 3.63) is 60.2 Å². The lowest BCUT2D eigenvalue weighted by molar-refractivity contribution is 0.177. The summed E-state index contributed by atoms with van der Waals surface area (Å²) in [5.41, 5.74) is 0.995. The van der Waals surface area contributed by atoms with E-state index in [1.165, 1.54) is 0 Å². The Hall–Kier alpha value is -2.65. The number of nitrogens with one attached hydrogen (secondary N) is 2. The summed E-state index contributed by atoms with van der Waals surface area (Å²) in [5, 5.41) is 18.9. The van der Waals surface area contributed by atoms with Crippen LogP contribution in [0.15, 0.2) is 53.4 Å². The second-order valence-corrected chi connectivity index (χ2v) is 11.7. The topological polar surface area (TPSA) is 102 Å². The van der Waals surface area contributed by atoms with Crippen LogP contribution in [0.2, 0.25) is 0 Å². The van der Waals surface area contributed by atoms with Gasteiger partial charge in [-0.05, 0) is 44.5 Å². The van der Waals surface area contributed by atoms with Crippen LogP contribution in [-0.4, -0.2) is 62.8 Å². The van der Waals surface area contributed by atoms with E-state index >= 15 is 0 Å². The van der Waals surface area contributed by atoms with Gasteiger partial charge in [-0.25, -0.2) is 8.42 Å². The Kier molecular flexibility index (Phi) is 6.14. The van der Waals surface area contributed by atoms with E-state index in [1.54, 1.807) is 30.7 Å². The quantitative estimate of drug-likeness (QED) is 0.484. The van der Waals surface area contributed by atoms with Gasteiger partial charge in [-0.2, -0.15) is 4.72 Å². The van der Waals surface area contributed by atoms with Crippen LogP contribution in [0.1, 0.15) is 27.7 Å². The fourth-order valence-corrected chi connectivity index (χ4v) is 5.47. The van der Waals surface area contributed by atoms with Crippen LogP contribution in [-0.2, 0) is 10.0 Å². The van der Waals surface area contributed by atoms with Gasteiger partial charge in [-0.1, -0.05) is 24.3 Å². The molecule has 0 spiro atoms. The number of hydroxylamine groups is 2. The SMILES string of the molecule is CN(C)c1cccc2c(S(=O)(=O)NCC3=[N+]=C(C4NC(C)(C)C(C)(C)N4[O-])C=C[CH+]3)cccc12. The van der Waals surface area contributed by atoms with E-state index in [1.807, 2.05) is 71.0 Å². The van der Waals surface area contributed by atoms with Crippen LogP contribution in [0, 0.1) is 11.6 Å². The third-order valence-corrected chi connectivity index (χ3v) is 8.45. The van der Waals surface area contributed by atoms with Gasteiger partial charge < -0.3 is 15.2 Å². The number of hydrogen-bond donors (Lipinski definition) is 2. The predicted octanol–water partition coefficient (Wildman–Crippen LogP) is 2.19. The minimum atomic E-state index is -3.80.